The number of unbranched alkanes of at least 4 members (excludes halogenated alkanes) is 1. The molecule has 2 amide bonds. The van der Waals surface area contributed by atoms with Gasteiger partial charge in [0, 0.05) is 25.6 Å². The van der Waals surface area contributed by atoms with Gasteiger partial charge in [-0.1, -0.05) is 72.9 Å². The van der Waals surface area contributed by atoms with Crippen molar-refractivity contribution in [3.05, 3.63) is 87.9 Å². The van der Waals surface area contributed by atoms with Crippen LogP contribution in [0.3, 0.4) is 0 Å². The standard InChI is InChI=1S/C32H37Cl2N3O6S/c1-3-5-15-35-32(39)28(19-23-9-7-6-8-10-23)36(21-24-11-13-26(33)27(34)18-24)31(38)22-37(44(40,41)4-2)25-12-14-29-30(20-25)43-17-16-42-29/h6-14,18,20,28H,3-5,15-17,19,21-22H2,1-2H3,(H,35,39)/t28-/m1/s1. The second-order valence-electron chi connectivity index (χ2n) is 10.4. The Hall–Kier alpha value is -3.47. The molecule has 0 aromatic heterocycles. The molecule has 0 unspecified atom stereocenters. The summed E-state index contributed by atoms with van der Waals surface area (Å²) >= 11 is 12.5. The van der Waals surface area contributed by atoms with Gasteiger partial charge >= 0.3 is 0 Å². The molecule has 236 valence electrons. The van der Waals surface area contributed by atoms with Crippen molar-refractivity contribution in [1.29, 1.82) is 0 Å². The van der Waals surface area contributed by atoms with Crippen molar-refractivity contribution >= 4 is 50.7 Å². The third-order valence-electron chi connectivity index (χ3n) is 7.23. The van der Waals surface area contributed by atoms with E-state index < -0.39 is 28.5 Å². The molecule has 0 saturated carbocycles. The summed E-state index contributed by atoms with van der Waals surface area (Å²) in [5.74, 6) is -0.253. The van der Waals surface area contributed by atoms with Gasteiger partial charge in [-0.05, 0) is 48.7 Å². The fraction of sp³-hybridized carbons (Fsp3) is 0.375. The van der Waals surface area contributed by atoms with Crippen LogP contribution in [0.4, 0.5) is 5.69 Å². The number of carbonyl (C=O) groups excluding carboxylic acids is 2. The maximum absolute atomic E-state index is 14.3. The van der Waals surface area contributed by atoms with E-state index >= 15 is 0 Å². The molecule has 1 aliphatic rings. The fourth-order valence-electron chi connectivity index (χ4n) is 4.80. The van der Waals surface area contributed by atoms with Gasteiger partial charge in [0.05, 0.1) is 21.5 Å². The number of fused-ring (bicyclic) bond motifs is 1. The molecule has 0 spiro atoms. The van der Waals surface area contributed by atoms with E-state index in [-0.39, 0.29) is 30.3 Å². The number of hydrogen-bond acceptors (Lipinski definition) is 6. The highest BCUT2D eigenvalue weighted by Gasteiger charge is 2.34. The van der Waals surface area contributed by atoms with Gasteiger partial charge < -0.3 is 19.7 Å². The van der Waals surface area contributed by atoms with E-state index in [0.29, 0.717) is 46.9 Å². The second kappa shape index (κ2) is 15.5. The fourth-order valence-corrected chi connectivity index (χ4v) is 6.18. The Morgan fingerprint density at radius 3 is 2.32 bits per heavy atom. The molecule has 0 bridgehead atoms. The number of amides is 2. The monoisotopic (exact) mass is 661 g/mol. The molecule has 44 heavy (non-hydrogen) atoms. The Balaban J connectivity index is 1.75. The molecule has 1 aliphatic heterocycles. The van der Waals surface area contributed by atoms with E-state index in [1.807, 2.05) is 37.3 Å². The Bertz CT molecular complexity index is 1550. The lowest BCUT2D eigenvalue weighted by molar-refractivity contribution is -0.140. The minimum absolute atomic E-state index is 0.00439. The quantitative estimate of drug-likeness (QED) is 0.230. The van der Waals surface area contributed by atoms with E-state index in [0.717, 1.165) is 22.7 Å². The summed E-state index contributed by atoms with van der Waals surface area (Å²) in [4.78, 5) is 29.5. The topological polar surface area (TPSA) is 105 Å². The van der Waals surface area contributed by atoms with Gasteiger partial charge in [-0.3, -0.25) is 13.9 Å². The highest BCUT2D eigenvalue weighted by molar-refractivity contribution is 7.92. The summed E-state index contributed by atoms with van der Waals surface area (Å²) in [7, 11) is -3.93. The Morgan fingerprint density at radius 1 is 0.909 bits per heavy atom. The van der Waals surface area contributed by atoms with Crippen LogP contribution in [0, 0.1) is 0 Å². The molecule has 0 radical (unpaired) electrons. The number of rotatable bonds is 14. The van der Waals surface area contributed by atoms with Gasteiger partial charge in [-0.15, -0.1) is 0 Å². The van der Waals surface area contributed by atoms with Crippen molar-refractivity contribution in [3.8, 4) is 11.5 Å². The summed E-state index contributed by atoms with van der Waals surface area (Å²) in [5, 5.41) is 3.62. The smallest absolute Gasteiger partial charge is 0.244 e. The molecular weight excluding hydrogens is 625 g/mol. The Morgan fingerprint density at radius 2 is 1.64 bits per heavy atom. The third kappa shape index (κ3) is 8.58. The molecule has 1 heterocycles. The third-order valence-corrected chi connectivity index (χ3v) is 9.71. The summed E-state index contributed by atoms with van der Waals surface area (Å²) < 4.78 is 39.1. The first-order valence-corrected chi connectivity index (χ1v) is 16.9. The maximum atomic E-state index is 14.3. The van der Waals surface area contributed by atoms with Crippen LogP contribution >= 0.6 is 23.2 Å². The van der Waals surface area contributed by atoms with Gasteiger partial charge in [0.2, 0.25) is 21.8 Å². The molecule has 0 fully saturated rings. The number of nitrogens with one attached hydrogen (secondary N) is 1. The predicted octanol–water partition coefficient (Wildman–Crippen LogP) is 5.48. The number of ether oxygens (including phenoxy) is 2. The average Bonchev–Trinajstić information content (AvgIpc) is 3.03. The predicted molar refractivity (Wildman–Crippen MR) is 173 cm³/mol. The number of benzene rings is 3. The highest BCUT2D eigenvalue weighted by Crippen LogP contribution is 2.35. The van der Waals surface area contributed by atoms with Gasteiger partial charge in [-0.25, -0.2) is 8.42 Å². The van der Waals surface area contributed by atoms with E-state index in [4.69, 9.17) is 32.7 Å². The largest absolute Gasteiger partial charge is 0.486 e. The Kier molecular flexibility index (Phi) is 11.8. The van der Waals surface area contributed by atoms with Gasteiger partial charge in [0.1, 0.15) is 25.8 Å². The van der Waals surface area contributed by atoms with Crippen molar-refractivity contribution in [1.82, 2.24) is 10.2 Å². The van der Waals surface area contributed by atoms with Crippen LogP contribution < -0.4 is 19.1 Å². The summed E-state index contributed by atoms with van der Waals surface area (Å²) in [6.07, 6.45) is 1.88. The number of carbonyl (C=O) groups is 2. The van der Waals surface area contributed by atoms with Crippen LogP contribution in [0.25, 0.3) is 0 Å². The zero-order valence-electron chi connectivity index (χ0n) is 24.8. The average molecular weight is 663 g/mol. The van der Waals surface area contributed by atoms with Crippen molar-refractivity contribution in [2.45, 2.75) is 45.7 Å². The SMILES string of the molecule is CCCCNC(=O)[C@@H](Cc1ccccc1)N(Cc1ccc(Cl)c(Cl)c1)C(=O)CN(c1ccc2c(c1)OCCO2)S(=O)(=O)CC. The van der Waals surface area contributed by atoms with Gasteiger partial charge in [0.25, 0.3) is 0 Å². The minimum Gasteiger partial charge on any atom is -0.486 e. The number of sulfonamides is 1. The minimum atomic E-state index is -3.93. The van der Waals surface area contributed by atoms with E-state index in [1.165, 1.54) is 11.8 Å². The number of hydrogen-bond donors (Lipinski definition) is 1. The molecule has 0 aliphatic carbocycles. The van der Waals surface area contributed by atoms with Crippen LogP contribution in [0.2, 0.25) is 10.0 Å². The normalized spacial score (nSPS) is 13.2. The number of anilines is 1. The van der Waals surface area contributed by atoms with Crippen LogP contribution in [0.15, 0.2) is 66.7 Å². The lowest BCUT2D eigenvalue weighted by Gasteiger charge is -2.34. The molecule has 1 N–H and O–H groups in total. The van der Waals surface area contributed by atoms with Gasteiger partial charge in [-0.2, -0.15) is 0 Å². The van der Waals surface area contributed by atoms with Crippen molar-refractivity contribution < 1.29 is 27.5 Å². The second-order valence-corrected chi connectivity index (χ2v) is 13.4. The lowest BCUT2D eigenvalue weighted by atomic mass is 10.0. The molecular formula is C32H37Cl2N3O6S. The van der Waals surface area contributed by atoms with Crippen molar-refractivity contribution in [3.63, 3.8) is 0 Å². The first-order valence-electron chi connectivity index (χ1n) is 14.6. The molecule has 3 aromatic carbocycles. The molecule has 9 nitrogen and oxygen atoms in total. The maximum Gasteiger partial charge on any atom is 0.244 e. The van der Waals surface area contributed by atoms with Gasteiger partial charge in [0.15, 0.2) is 11.5 Å². The first-order chi connectivity index (χ1) is 21.1. The van der Waals surface area contributed by atoms with E-state index in [1.54, 1.807) is 36.4 Å². The summed E-state index contributed by atoms with van der Waals surface area (Å²) in [5.41, 5.74) is 1.74. The van der Waals surface area contributed by atoms with Crippen molar-refractivity contribution in [2.24, 2.45) is 0 Å². The highest BCUT2D eigenvalue weighted by atomic mass is 35.5. The molecule has 1 atom stereocenters. The lowest BCUT2D eigenvalue weighted by Crippen LogP contribution is -2.53. The number of halogens is 2. The van der Waals surface area contributed by atoms with Crippen LogP contribution in [-0.2, 0) is 32.6 Å². The molecule has 3 aromatic rings. The van der Waals surface area contributed by atoms with E-state index in [9.17, 15) is 18.0 Å². The number of nitrogens with zero attached hydrogens (tertiary/aromatic N) is 2. The zero-order chi connectivity index (χ0) is 31.7. The van der Waals surface area contributed by atoms with Crippen molar-refractivity contribution in [2.75, 3.05) is 36.4 Å². The van der Waals surface area contributed by atoms with Crippen LogP contribution in [0.1, 0.15) is 37.8 Å². The Labute approximate surface area is 269 Å². The molecule has 4 rings (SSSR count). The summed E-state index contributed by atoms with van der Waals surface area (Å²) in [6, 6.07) is 18.2. The molecule has 0 saturated heterocycles. The van der Waals surface area contributed by atoms with Crippen LogP contribution in [-0.4, -0.2) is 63.2 Å². The summed E-state index contributed by atoms with van der Waals surface area (Å²) in [6.45, 7) is 4.14. The van der Waals surface area contributed by atoms with E-state index in [2.05, 4.69) is 5.32 Å². The molecule has 12 heteroatoms. The first kappa shape index (κ1) is 33.4. The van der Waals surface area contributed by atoms with Crippen LogP contribution in [0.5, 0.6) is 11.5 Å². The zero-order valence-corrected chi connectivity index (χ0v) is 27.1.